The summed E-state index contributed by atoms with van der Waals surface area (Å²) in [6.45, 7) is 6.89. The van der Waals surface area contributed by atoms with Crippen LogP contribution >= 0.6 is 0 Å². The smallest absolute Gasteiger partial charge is 0.219 e. The van der Waals surface area contributed by atoms with E-state index in [1.54, 1.807) is 13.8 Å². The Morgan fingerprint density at radius 3 is 2.43 bits per heavy atom. The maximum absolute atomic E-state index is 11.5. The number of carbonyl (C=O) groups excluding carboxylic acids is 2. The molecule has 7 heteroatoms. The monoisotopic (exact) mass is 291 g/mol. The average molecular weight is 291 g/mol. The lowest BCUT2D eigenvalue weighted by atomic mass is 10.1. The number of amides is 2. The Hall–Kier alpha value is -1.92. The van der Waals surface area contributed by atoms with E-state index in [-0.39, 0.29) is 17.7 Å². The van der Waals surface area contributed by atoms with Crippen molar-refractivity contribution in [3.63, 3.8) is 0 Å². The van der Waals surface area contributed by atoms with Crippen LogP contribution < -0.4 is 0 Å². The summed E-state index contributed by atoms with van der Waals surface area (Å²) in [5, 5.41) is 8.65. The second kappa shape index (κ2) is 5.46. The van der Waals surface area contributed by atoms with Gasteiger partial charge in [-0.05, 0) is 6.42 Å². The summed E-state index contributed by atoms with van der Waals surface area (Å²) in [7, 11) is 0. The molecule has 3 heterocycles. The molecule has 3 rings (SSSR count). The molecule has 1 fully saturated rings. The van der Waals surface area contributed by atoms with Gasteiger partial charge < -0.3 is 14.4 Å². The summed E-state index contributed by atoms with van der Waals surface area (Å²) >= 11 is 0. The second-order valence-electron chi connectivity index (χ2n) is 5.83. The summed E-state index contributed by atoms with van der Waals surface area (Å²) in [4.78, 5) is 26.7. The van der Waals surface area contributed by atoms with Crippen LogP contribution in [0.1, 0.15) is 37.8 Å². The molecule has 1 atom stereocenters. The Bertz CT molecular complexity index is 568. The van der Waals surface area contributed by atoms with Crippen LogP contribution in [0.3, 0.4) is 0 Å². The maximum Gasteiger partial charge on any atom is 0.219 e. The summed E-state index contributed by atoms with van der Waals surface area (Å²) in [6.07, 6.45) is 1.68. The van der Waals surface area contributed by atoms with Crippen molar-refractivity contribution in [2.45, 2.75) is 39.2 Å². The number of rotatable bonds is 1. The van der Waals surface area contributed by atoms with Gasteiger partial charge in [-0.15, -0.1) is 10.2 Å². The van der Waals surface area contributed by atoms with Crippen LogP contribution in [-0.2, 0) is 22.6 Å². The SMILES string of the molecule is CC(=O)N1CCc2nnc(C3CCN(C(C)=O)C3)n2CC1. The highest BCUT2D eigenvalue weighted by Crippen LogP contribution is 2.27. The van der Waals surface area contributed by atoms with Gasteiger partial charge in [0.25, 0.3) is 0 Å². The maximum atomic E-state index is 11.5. The van der Waals surface area contributed by atoms with Gasteiger partial charge in [0.2, 0.25) is 11.8 Å². The molecule has 0 spiro atoms. The fourth-order valence-corrected chi connectivity index (χ4v) is 3.22. The number of hydrogen-bond donors (Lipinski definition) is 0. The number of nitrogens with zero attached hydrogens (tertiary/aromatic N) is 5. The molecule has 0 aromatic carbocycles. The molecule has 1 saturated heterocycles. The third-order valence-corrected chi connectivity index (χ3v) is 4.50. The number of hydrogen-bond acceptors (Lipinski definition) is 4. The lowest BCUT2D eigenvalue weighted by Gasteiger charge is -2.18. The van der Waals surface area contributed by atoms with Gasteiger partial charge in [0.15, 0.2) is 0 Å². The van der Waals surface area contributed by atoms with Gasteiger partial charge in [-0.3, -0.25) is 9.59 Å². The minimum Gasteiger partial charge on any atom is -0.342 e. The van der Waals surface area contributed by atoms with Crippen molar-refractivity contribution in [2.24, 2.45) is 0 Å². The first-order valence-corrected chi connectivity index (χ1v) is 7.49. The van der Waals surface area contributed by atoms with Gasteiger partial charge in [-0.25, -0.2) is 0 Å². The van der Waals surface area contributed by atoms with Gasteiger partial charge in [-0.2, -0.15) is 0 Å². The van der Waals surface area contributed by atoms with Crippen molar-refractivity contribution in [3.8, 4) is 0 Å². The molecule has 1 aromatic rings. The molecule has 2 aliphatic rings. The van der Waals surface area contributed by atoms with Gasteiger partial charge in [0.1, 0.15) is 11.6 Å². The minimum atomic E-state index is 0.110. The van der Waals surface area contributed by atoms with Crippen molar-refractivity contribution in [1.29, 1.82) is 0 Å². The van der Waals surface area contributed by atoms with Crippen LogP contribution in [0.25, 0.3) is 0 Å². The molecule has 0 saturated carbocycles. The van der Waals surface area contributed by atoms with Crippen molar-refractivity contribution >= 4 is 11.8 Å². The zero-order chi connectivity index (χ0) is 15.0. The van der Waals surface area contributed by atoms with E-state index in [2.05, 4.69) is 14.8 Å². The van der Waals surface area contributed by atoms with Crippen molar-refractivity contribution < 1.29 is 9.59 Å². The zero-order valence-corrected chi connectivity index (χ0v) is 12.6. The van der Waals surface area contributed by atoms with E-state index in [0.717, 1.165) is 44.1 Å². The molecule has 0 radical (unpaired) electrons. The number of carbonyl (C=O) groups is 2. The highest BCUT2D eigenvalue weighted by molar-refractivity contribution is 5.73. The molecular weight excluding hydrogens is 270 g/mol. The van der Waals surface area contributed by atoms with E-state index in [1.165, 1.54) is 0 Å². The van der Waals surface area contributed by atoms with Crippen LogP contribution in [0.2, 0.25) is 0 Å². The highest BCUT2D eigenvalue weighted by Gasteiger charge is 2.31. The first-order chi connectivity index (χ1) is 10.1. The van der Waals surface area contributed by atoms with Crippen molar-refractivity contribution in [3.05, 3.63) is 11.6 Å². The van der Waals surface area contributed by atoms with Crippen LogP contribution in [0, 0.1) is 0 Å². The lowest BCUT2D eigenvalue weighted by Crippen LogP contribution is -2.31. The van der Waals surface area contributed by atoms with E-state index >= 15 is 0 Å². The molecule has 0 N–H and O–H groups in total. The fraction of sp³-hybridized carbons (Fsp3) is 0.714. The summed E-state index contributed by atoms with van der Waals surface area (Å²) in [5.74, 6) is 2.42. The first-order valence-electron chi connectivity index (χ1n) is 7.49. The van der Waals surface area contributed by atoms with Crippen LogP contribution in [0.5, 0.6) is 0 Å². The molecule has 1 unspecified atom stereocenters. The van der Waals surface area contributed by atoms with E-state index in [9.17, 15) is 9.59 Å². The molecule has 2 aliphatic heterocycles. The number of likely N-dealkylation sites (tertiary alicyclic amines) is 1. The van der Waals surface area contributed by atoms with Crippen LogP contribution in [0.4, 0.5) is 0 Å². The van der Waals surface area contributed by atoms with E-state index in [1.807, 2.05) is 9.80 Å². The Labute approximate surface area is 123 Å². The van der Waals surface area contributed by atoms with E-state index < -0.39 is 0 Å². The molecule has 7 nitrogen and oxygen atoms in total. The van der Waals surface area contributed by atoms with Crippen LogP contribution in [0.15, 0.2) is 0 Å². The largest absolute Gasteiger partial charge is 0.342 e. The van der Waals surface area contributed by atoms with Crippen molar-refractivity contribution in [2.75, 3.05) is 26.2 Å². The van der Waals surface area contributed by atoms with Gasteiger partial charge in [0.05, 0.1) is 0 Å². The quantitative estimate of drug-likeness (QED) is 0.731. The fourth-order valence-electron chi connectivity index (χ4n) is 3.22. The number of aromatic nitrogens is 3. The first kappa shape index (κ1) is 14.0. The topological polar surface area (TPSA) is 71.3 Å². The molecule has 1 aromatic heterocycles. The summed E-state index contributed by atoms with van der Waals surface area (Å²) < 4.78 is 2.15. The standard InChI is InChI=1S/C14H21N5O2/c1-10(20)17-6-4-13-15-16-14(19(13)8-7-17)12-3-5-18(9-12)11(2)21/h12H,3-9H2,1-2H3. The molecule has 21 heavy (non-hydrogen) atoms. The van der Waals surface area contributed by atoms with Gasteiger partial charge in [0, 0.05) is 58.9 Å². The predicted octanol–water partition coefficient (Wildman–Crippen LogP) is 0.0185. The summed E-state index contributed by atoms with van der Waals surface area (Å²) in [6, 6.07) is 0. The third kappa shape index (κ3) is 2.64. The van der Waals surface area contributed by atoms with Crippen molar-refractivity contribution in [1.82, 2.24) is 24.6 Å². The third-order valence-electron chi connectivity index (χ3n) is 4.50. The second-order valence-corrected chi connectivity index (χ2v) is 5.83. The normalized spacial score (nSPS) is 22.1. The van der Waals surface area contributed by atoms with E-state index in [0.29, 0.717) is 13.1 Å². The molecule has 2 amide bonds. The molecular formula is C14H21N5O2. The van der Waals surface area contributed by atoms with E-state index in [4.69, 9.17) is 0 Å². The Morgan fingerprint density at radius 2 is 1.76 bits per heavy atom. The Morgan fingerprint density at radius 1 is 1.00 bits per heavy atom. The lowest BCUT2D eigenvalue weighted by molar-refractivity contribution is -0.129. The molecule has 0 bridgehead atoms. The Kier molecular flexibility index (Phi) is 3.65. The zero-order valence-electron chi connectivity index (χ0n) is 12.6. The minimum absolute atomic E-state index is 0.110. The highest BCUT2D eigenvalue weighted by atomic mass is 16.2. The van der Waals surface area contributed by atoms with Crippen LogP contribution in [-0.4, -0.2) is 62.6 Å². The molecule has 0 aliphatic carbocycles. The number of fused-ring (bicyclic) bond motifs is 1. The predicted molar refractivity (Wildman–Crippen MR) is 75.6 cm³/mol. The average Bonchev–Trinajstić information content (AvgIpc) is 3.00. The molecule has 114 valence electrons. The van der Waals surface area contributed by atoms with Gasteiger partial charge >= 0.3 is 0 Å². The Balaban J connectivity index is 1.77. The summed E-state index contributed by atoms with van der Waals surface area (Å²) in [5.41, 5.74) is 0. The van der Waals surface area contributed by atoms with Gasteiger partial charge in [-0.1, -0.05) is 0 Å².